The molecule has 0 saturated heterocycles. The van der Waals surface area contributed by atoms with Crippen LogP contribution in [0.3, 0.4) is 0 Å². The molecule has 0 bridgehead atoms. The van der Waals surface area contributed by atoms with Crippen LogP contribution in [0.25, 0.3) is 22.3 Å². The van der Waals surface area contributed by atoms with E-state index in [1.165, 1.54) is 24.8 Å². The van der Waals surface area contributed by atoms with Crippen molar-refractivity contribution in [1.82, 2.24) is 9.97 Å². The van der Waals surface area contributed by atoms with E-state index in [0.717, 1.165) is 11.5 Å². The molecule has 2 aromatic heterocycles. The van der Waals surface area contributed by atoms with Gasteiger partial charge in [-0.3, -0.25) is 0 Å². The van der Waals surface area contributed by atoms with Crippen LogP contribution in [0.1, 0.15) is 17.2 Å². The van der Waals surface area contributed by atoms with Crippen molar-refractivity contribution in [1.29, 1.82) is 0 Å². The van der Waals surface area contributed by atoms with Gasteiger partial charge in [0.2, 0.25) is 0 Å². The fourth-order valence-electron chi connectivity index (χ4n) is 2.74. The minimum atomic E-state index is -1.31. The van der Waals surface area contributed by atoms with Crippen LogP contribution in [-0.4, -0.2) is 15.1 Å². The first kappa shape index (κ1) is 15.4. The average molecular weight is 338 g/mol. The Balaban J connectivity index is 1.86. The lowest BCUT2D eigenvalue weighted by atomic mass is 9.99. The molecule has 0 spiro atoms. The zero-order chi connectivity index (χ0) is 17.4. The number of aliphatic hydroxyl groups is 1. The predicted octanol–water partition coefficient (Wildman–Crippen LogP) is 4.25. The minimum absolute atomic E-state index is 0.0644. The molecule has 0 aliphatic carbocycles. The molecule has 4 rings (SSSR count). The summed E-state index contributed by atoms with van der Waals surface area (Å²) in [5.74, 6) is -1.58. The highest BCUT2D eigenvalue weighted by Gasteiger charge is 2.23. The van der Waals surface area contributed by atoms with Crippen LogP contribution in [0, 0.1) is 11.6 Å². The van der Waals surface area contributed by atoms with E-state index in [1.54, 1.807) is 24.3 Å². The fraction of sp³-hybridized carbons (Fsp3) is 0.0526. The first-order valence-electron chi connectivity index (χ1n) is 7.55. The second kappa shape index (κ2) is 6.07. The topological polar surface area (TPSA) is 59.2 Å². The second-order valence-corrected chi connectivity index (χ2v) is 5.55. The molecule has 0 saturated carbocycles. The van der Waals surface area contributed by atoms with E-state index in [2.05, 4.69) is 9.97 Å². The smallest absolute Gasteiger partial charge is 0.143 e. The van der Waals surface area contributed by atoms with Crippen molar-refractivity contribution in [2.24, 2.45) is 0 Å². The fourth-order valence-corrected chi connectivity index (χ4v) is 2.74. The summed E-state index contributed by atoms with van der Waals surface area (Å²) in [5, 5.41) is 11.1. The quantitative estimate of drug-likeness (QED) is 0.607. The number of aliphatic hydroxyl groups excluding tert-OH is 1. The average Bonchev–Trinajstić information content (AvgIpc) is 3.05. The molecule has 4 nitrogen and oxygen atoms in total. The largest absolute Gasteiger partial charge is 0.456 e. The second-order valence-electron chi connectivity index (χ2n) is 5.55. The highest BCUT2D eigenvalue weighted by atomic mass is 19.1. The third kappa shape index (κ3) is 2.66. The Morgan fingerprint density at radius 3 is 2.52 bits per heavy atom. The van der Waals surface area contributed by atoms with Gasteiger partial charge in [-0.05, 0) is 18.2 Å². The van der Waals surface area contributed by atoms with Gasteiger partial charge in [-0.15, -0.1) is 0 Å². The van der Waals surface area contributed by atoms with Crippen LogP contribution in [0.5, 0.6) is 0 Å². The van der Waals surface area contributed by atoms with Gasteiger partial charge in [0.05, 0.1) is 5.56 Å². The van der Waals surface area contributed by atoms with Crippen molar-refractivity contribution in [2.45, 2.75) is 6.10 Å². The van der Waals surface area contributed by atoms with E-state index in [9.17, 15) is 13.9 Å². The molecule has 6 heteroatoms. The van der Waals surface area contributed by atoms with Gasteiger partial charge in [0, 0.05) is 28.9 Å². The van der Waals surface area contributed by atoms with Crippen LogP contribution >= 0.6 is 0 Å². The SMILES string of the molecule is OC(c1cncnc1)c1ccc(F)c(-c2cc3ccccc3o2)c1F. The van der Waals surface area contributed by atoms with E-state index in [1.807, 2.05) is 6.07 Å². The number of aromatic nitrogens is 2. The Morgan fingerprint density at radius 1 is 1.00 bits per heavy atom. The first-order chi connectivity index (χ1) is 12.1. The van der Waals surface area contributed by atoms with Crippen LogP contribution in [-0.2, 0) is 0 Å². The number of hydrogen-bond donors (Lipinski definition) is 1. The summed E-state index contributed by atoms with van der Waals surface area (Å²) < 4.78 is 34.9. The summed E-state index contributed by atoms with van der Waals surface area (Å²) in [5.41, 5.74) is 0.443. The zero-order valence-corrected chi connectivity index (χ0v) is 12.9. The van der Waals surface area contributed by atoms with E-state index >= 15 is 0 Å². The number of halogens is 2. The van der Waals surface area contributed by atoms with E-state index in [-0.39, 0.29) is 16.9 Å². The molecular formula is C19H12F2N2O2. The number of para-hydroxylation sites is 1. The number of rotatable bonds is 3. The molecule has 25 heavy (non-hydrogen) atoms. The molecule has 0 amide bonds. The molecule has 4 aromatic rings. The van der Waals surface area contributed by atoms with Gasteiger partial charge in [0.15, 0.2) is 0 Å². The van der Waals surface area contributed by atoms with Crippen LogP contribution in [0.4, 0.5) is 8.78 Å². The summed E-state index contributed by atoms with van der Waals surface area (Å²) in [7, 11) is 0. The highest BCUT2D eigenvalue weighted by Crippen LogP contribution is 2.35. The normalized spacial score (nSPS) is 12.4. The maximum atomic E-state index is 15.0. The lowest BCUT2D eigenvalue weighted by Crippen LogP contribution is -2.05. The van der Waals surface area contributed by atoms with Gasteiger partial charge in [-0.1, -0.05) is 24.3 Å². The Hall–Kier alpha value is -3.12. The summed E-state index contributed by atoms with van der Waals surface area (Å²) in [6.07, 6.45) is 2.74. The minimum Gasteiger partial charge on any atom is -0.456 e. The van der Waals surface area contributed by atoms with Gasteiger partial charge in [0.1, 0.15) is 35.4 Å². The molecule has 1 unspecified atom stereocenters. The van der Waals surface area contributed by atoms with E-state index in [0.29, 0.717) is 11.1 Å². The van der Waals surface area contributed by atoms with Gasteiger partial charge in [-0.2, -0.15) is 0 Å². The summed E-state index contributed by atoms with van der Waals surface area (Å²) >= 11 is 0. The van der Waals surface area contributed by atoms with Crippen molar-refractivity contribution in [2.75, 3.05) is 0 Å². The Bertz CT molecular complexity index is 1010. The van der Waals surface area contributed by atoms with Gasteiger partial charge < -0.3 is 9.52 Å². The first-order valence-corrected chi connectivity index (χ1v) is 7.55. The molecular weight excluding hydrogens is 326 g/mol. The number of nitrogens with zero attached hydrogens (tertiary/aromatic N) is 2. The van der Waals surface area contributed by atoms with E-state index < -0.39 is 17.7 Å². The lowest BCUT2D eigenvalue weighted by Gasteiger charge is -2.13. The number of fused-ring (bicyclic) bond motifs is 1. The van der Waals surface area contributed by atoms with Crippen molar-refractivity contribution >= 4 is 11.0 Å². The van der Waals surface area contributed by atoms with Gasteiger partial charge in [0.25, 0.3) is 0 Å². The van der Waals surface area contributed by atoms with Gasteiger partial charge in [-0.25, -0.2) is 18.7 Å². The van der Waals surface area contributed by atoms with Crippen molar-refractivity contribution in [3.05, 3.63) is 83.9 Å². The van der Waals surface area contributed by atoms with Gasteiger partial charge >= 0.3 is 0 Å². The number of furan rings is 1. The summed E-state index contributed by atoms with van der Waals surface area (Å²) in [6, 6.07) is 11.0. The monoisotopic (exact) mass is 338 g/mol. The van der Waals surface area contributed by atoms with Crippen molar-refractivity contribution in [3.8, 4) is 11.3 Å². The highest BCUT2D eigenvalue weighted by molar-refractivity contribution is 5.83. The van der Waals surface area contributed by atoms with E-state index in [4.69, 9.17) is 4.42 Å². The Kier molecular flexibility index (Phi) is 3.74. The maximum Gasteiger partial charge on any atom is 0.143 e. The third-order valence-corrected chi connectivity index (χ3v) is 3.98. The molecule has 1 N–H and O–H groups in total. The molecule has 0 aliphatic rings. The summed E-state index contributed by atoms with van der Waals surface area (Å²) in [4.78, 5) is 7.60. The third-order valence-electron chi connectivity index (χ3n) is 3.98. The van der Waals surface area contributed by atoms with Crippen LogP contribution < -0.4 is 0 Å². The molecule has 2 heterocycles. The number of benzene rings is 2. The van der Waals surface area contributed by atoms with Crippen LogP contribution in [0.2, 0.25) is 0 Å². The van der Waals surface area contributed by atoms with Crippen molar-refractivity contribution in [3.63, 3.8) is 0 Å². The van der Waals surface area contributed by atoms with Crippen LogP contribution in [0.15, 0.2) is 65.6 Å². The summed E-state index contributed by atoms with van der Waals surface area (Å²) in [6.45, 7) is 0. The van der Waals surface area contributed by atoms with Crippen molar-refractivity contribution < 1.29 is 18.3 Å². The lowest BCUT2D eigenvalue weighted by molar-refractivity contribution is 0.214. The molecule has 0 aliphatic heterocycles. The molecule has 2 aromatic carbocycles. The molecule has 0 fully saturated rings. The molecule has 124 valence electrons. The predicted molar refractivity (Wildman–Crippen MR) is 87.7 cm³/mol. The molecule has 1 atom stereocenters. The molecule has 0 radical (unpaired) electrons. The maximum absolute atomic E-state index is 15.0. The Labute approximate surface area is 141 Å². The number of hydrogen-bond acceptors (Lipinski definition) is 4. The standard InChI is InChI=1S/C19H12F2N2O2/c20-14-6-5-13(19(24)12-8-22-10-23-9-12)18(21)17(14)16-7-11-3-1-2-4-15(11)25-16/h1-10,19,24H. The Morgan fingerprint density at radius 2 is 1.76 bits per heavy atom. The zero-order valence-electron chi connectivity index (χ0n) is 12.9.